The van der Waals surface area contributed by atoms with Gasteiger partial charge < -0.3 is 20.2 Å². The van der Waals surface area contributed by atoms with Gasteiger partial charge in [0, 0.05) is 15.9 Å². The number of nitrogen functional groups attached to an aromatic ring is 1. The van der Waals surface area contributed by atoms with Gasteiger partial charge in [0.05, 0.1) is 23.9 Å². The van der Waals surface area contributed by atoms with Crippen molar-refractivity contribution in [1.29, 1.82) is 0 Å². The maximum absolute atomic E-state index is 11.9. The summed E-state index contributed by atoms with van der Waals surface area (Å²) in [6.07, 6.45) is 0. The second-order valence-electron chi connectivity index (χ2n) is 6.68. The lowest BCUT2D eigenvalue weighted by atomic mass is 9.84. The van der Waals surface area contributed by atoms with Crippen molar-refractivity contribution in [2.75, 3.05) is 12.8 Å². The van der Waals surface area contributed by atoms with Crippen molar-refractivity contribution in [3.05, 3.63) is 58.7 Å². The Morgan fingerprint density at radius 1 is 1.19 bits per heavy atom. The molecule has 136 valence electrons. The van der Waals surface area contributed by atoms with Crippen LogP contribution in [0.1, 0.15) is 25.1 Å². The van der Waals surface area contributed by atoms with Gasteiger partial charge in [0.25, 0.3) is 0 Å². The highest BCUT2D eigenvalue weighted by molar-refractivity contribution is 6.31. The normalized spacial score (nSPS) is 11.5. The van der Waals surface area contributed by atoms with Crippen molar-refractivity contribution in [1.82, 2.24) is 4.98 Å². The number of esters is 1. The molecule has 3 N–H and O–H groups in total. The molecule has 1 aromatic heterocycles. The molecule has 0 amide bonds. The predicted molar refractivity (Wildman–Crippen MR) is 104 cm³/mol. The Labute approximate surface area is 157 Å². The standard InChI is InChI=1S/C20H21ClN2O3/c1-20(2,19(24)25-3)13-4-7-18(16(22)10-13)26-11-15-9-12-8-14(21)5-6-17(12)23-15/h4-10,23H,11,22H2,1-3H3. The van der Waals surface area contributed by atoms with Gasteiger partial charge in [-0.25, -0.2) is 0 Å². The Morgan fingerprint density at radius 3 is 2.65 bits per heavy atom. The number of hydrogen-bond acceptors (Lipinski definition) is 4. The first-order valence-electron chi connectivity index (χ1n) is 8.19. The zero-order valence-electron chi connectivity index (χ0n) is 14.9. The molecule has 1 heterocycles. The molecule has 3 aromatic rings. The molecule has 0 unspecified atom stereocenters. The number of nitrogens with two attached hydrogens (primary N) is 1. The minimum absolute atomic E-state index is 0.317. The summed E-state index contributed by atoms with van der Waals surface area (Å²) in [5.74, 6) is 0.244. The number of aromatic nitrogens is 1. The maximum atomic E-state index is 11.9. The molecule has 0 aliphatic rings. The van der Waals surface area contributed by atoms with Gasteiger partial charge >= 0.3 is 5.97 Å². The minimum Gasteiger partial charge on any atom is -0.485 e. The lowest BCUT2D eigenvalue weighted by molar-refractivity contribution is -0.146. The van der Waals surface area contributed by atoms with Gasteiger partial charge in [-0.15, -0.1) is 0 Å². The van der Waals surface area contributed by atoms with E-state index < -0.39 is 5.41 Å². The van der Waals surface area contributed by atoms with Gasteiger partial charge in [-0.1, -0.05) is 17.7 Å². The molecule has 0 bridgehead atoms. The first kappa shape index (κ1) is 18.1. The van der Waals surface area contributed by atoms with Crippen molar-refractivity contribution in [2.24, 2.45) is 0 Å². The van der Waals surface area contributed by atoms with E-state index in [2.05, 4.69) is 4.98 Å². The SMILES string of the molecule is COC(=O)C(C)(C)c1ccc(OCc2cc3cc(Cl)ccc3[nH]2)c(N)c1. The van der Waals surface area contributed by atoms with E-state index >= 15 is 0 Å². The predicted octanol–water partition coefficient (Wildman–Crippen LogP) is 4.43. The van der Waals surface area contributed by atoms with Gasteiger partial charge in [-0.05, 0) is 55.8 Å². The molecule has 0 saturated carbocycles. The number of rotatable bonds is 5. The number of nitrogens with one attached hydrogen (secondary N) is 1. The van der Waals surface area contributed by atoms with Crippen LogP contribution in [0.5, 0.6) is 5.75 Å². The average Bonchev–Trinajstić information content (AvgIpc) is 3.01. The molecule has 2 aromatic carbocycles. The van der Waals surface area contributed by atoms with E-state index in [1.807, 2.05) is 30.3 Å². The van der Waals surface area contributed by atoms with Crippen LogP contribution in [0.25, 0.3) is 10.9 Å². The highest BCUT2D eigenvalue weighted by atomic mass is 35.5. The van der Waals surface area contributed by atoms with Crippen LogP contribution in [-0.4, -0.2) is 18.1 Å². The quantitative estimate of drug-likeness (QED) is 0.513. The molecular weight excluding hydrogens is 352 g/mol. The number of fused-ring (bicyclic) bond motifs is 1. The lowest BCUT2D eigenvalue weighted by Crippen LogP contribution is -2.30. The molecule has 0 aliphatic carbocycles. The number of ether oxygens (including phenoxy) is 2. The zero-order valence-corrected chi connectivity index (χ0v) is 15.7. The van der Waals surface area contributed by atoms with E-state index in [0.717, 1.165) is 22.2 Å². The molecule has 0 radical (unpaired) electrons. The average molecular weight is 373 g/mol. The first-order chi connectivity index (χ1) is 12.3. The molecule has 0 aliphatic heterocycles. The van der Waals surface area contributed by atoms with Crippen molar-refractivity contribution in [3.63, 3.8) is 0 Å². The number of methoxy groups -OCH3 is 1. The summed E-state index contributed by atoms with van der Waals surface area (Å²) < 4.78 is 10.7. The summed E-state index contributed by atoms with van der Waals surface area (Å²) in [6, 6.07) is 13.0. The molecule has 3 rings (SSSR count). The van der Waals surface area contributed by atoms with Crippen LogP contribution >= 0.6 is 11.6 Å². The van der Waals surface area contributed by atoms with E-state index in [9.17, 15) is 4.79 Å². The number of aromatic amines is 1. The number of halogens is 1. The fourth-order valence-corrected chi connectivity index (χ4v) is 3.02. The monoisotopic (exact) mass is 372 g/mol. The van der Waals surface area contributed by atoms with E-state index in [1.54, 1.807) is 26.0 Å². The number of hydrogen-bond donors (Lipinski definition) is 2. The number of carbonyl (C=O) groups excluding carboxylic acids is 1. The smallest absolute Gasteiger partial charge is 0.315 e. The molecular formula is C20H21ClN2O3. The van der Waals surface area contributed by atoms with Gasteiger partial charge in [-0.3, -0.25) is 4.79 Å². The molecule has 0 atom stereocenters. The van der Waals surface area contributed by atoms with Gasteiger partial charge in [0.1, 0.15) is 12.4 Å². The third kappa shape index (κ3) is 3.48. The number of carbonyl (C=O) groups is 1. The van der Waals surface area contributed by atoms with Crippen LogP contribution in [0.4, 0.5) is 5.69 Å². The van der Waals surface area contributed by atoms with Gasteiger partial charge in [0.2, 0.25) is 0 Å². The summed E-state index contributed by atoms with van der Waals surface area (Å²) in [6.45, 7) is 3.93. The molecule has 0 fully saturated rings. The van der Waals surface area contributed by atoms with Crippen LogP contribution < -0.4 is 10.5 Å². The summed E-state index contributed by atoms with van der Waals surface area (Å²) >= 11 is 6.01. The van der Waals surface area contributed by atoms with E-state index in [-0.39, 0.29) is 5.97 Å². The number of benzene rings is 2. The maximum Gasteiger partial charge on any atom is 0.315 e. The fourth-order valence-electron chi connectivity index (χ4n) is 2.84. The van der Waals surface area contributed by atoms with Crippen molar-refractivity contribution >= 4 is 34.2 Å². The summed E-state index contributed by atoms with van der Waals surface area (Å²) in [5, 5.41) is 1.72. The van der Waals surface area contributed by atoms with Gasteiger partial charge in [-0.2, -0.15) is 0 Å². The van der Waals surface area contributed by atoms with E-state index in [4.69, 9.17) is 26.8 Å². The van der Waals surface area contributed by atoms with Gasteiger partial charge in [0.15, 0.2) is 0 Å². The number of anilines is 1. The number of H-pyrrole nitrogens is 1. The Bertz CT molecular complexity index is 963. The van der Waals surface area contributed by atoms with Crippen LogP contribution in [0.3, 0.4) is 0 Å². The second-order valence-corrected chi connectivity index (χ2v) is 7.12. The topological polar surface area (TPSA) is 77.3 Å². The third-order valence-corrected chi connectivity index (χ3v) is 4.68. The van der Waals surface area contributed by atoms with Crippen LogP contribution in [-0.2, 0) is 21.6 Å². The summed E-state index contributed by atoms with van der Waals surface area (Å²) in [4.78, 5) is 15.2. The van der Waals surface area contributed by atoms with E-state index in [0.29, 0.717) is 23.1 Å². The lowest BCUT2D eigenvalue weighted by Gasteiger charge is -2.23. The summed E-state index contributed by atoms with van der Waals surface area (Å²) in [7, 11) is 1.37. The first-order valence-corrected chi connectivity index (χ1v) is 8.57. The summed E-state index contributed by atoms with van der Waals surface area (Å²) in [5.41, 5.74) is 8.49. The van der Waals surface area contributed by atoms with Crippen molar-refractivity contribution in [2.45, 2.75) is 25.9 Å². The largest absolute Gasteiger partial charge is 0.485 e. The van der Waals surface area contributed by atoms with Crippen molar-refractivity contribution in [3.8, 4) is 5.75 Å². The van der Waals surface area contributed by atoms with Crippen LogP contribution in [0, 0.1) is 0 Å². The molecule has 5 nitrogen and oxygen atoms in total. The highest BCUT2D eigenvalue weighted by Crippen LogP contribution is 2.31. The Kier molecular flexibility index (Phi) is 4.83. The van der Waals surface area contributed by atoms with E-state index in [1.165, 1.54) is 7.11 Å². The zero-order chi connectivity index (χ0) is 18.9. The highest BCUT2D eigenvalue weighted by Gasteiger charge is 2.31. The van der Waals surface area contributed by atoms with Crippen molar-refractivity contribution < 1.29 is 14.3 Å². The molecule has 0 spiro atoms. The Hall–Kier alpha value is -2.66. The van der Waals surface area contributed by atoms with Crippen LogP contribution in [0.2, 0.25) is 5.02 Å². The van der Waals surface area contributed by atoms with Crippen LogP contribution in [0.15, 0.2) is 42.5 Å². The fraction of sp³-hybridized carbons (Fsp3) is 0.250. The molecule has 6 heteroatoms. The molecule has 26 heavy (non-hydrogen) atoms. The minimum atomic E-state index is -0.780. The Balaban J connectivity index is 1.76. The molecule has 0 saturated heterocycles. The second kappa shape index (κ2) is 6.92. The Morgan fingerprint density at radius 2 is 1.96 bits per heavy atom. The third-order valence-electron chi connectivity index (χ3n) is 4.45.